The molecule has 0 atom stereocenters. The summed E-state index contributed by atoms with van der Waals surface area (Å²) in [6.07, 6.45) is 2.86. The van der Waals surface area contributed by atoms with Crippen molar-refractivity contribution in [3.8, 4) is 17.2 Å². The molecule has 2 aromatic rings. The van der Waals surface area contributed by atoms with Crippen LogP contribution in [0.1, 0.15) is 5.56 Å². The van der Waals surface area contributed by atoms with E-state index in [1.165, 1.54) is 39.5 Å². The van der Waals surface area contributed by atoms with Gasteiger partial charge >= 0.3 is 0 Å². The molecule has 0 aliphatic carbocycles. The normalized spacial score (nSPS) is 10.6. The third-order valence-electron chi connectivity index (χ3n) is 3.30. The highest BCUT2D eigenvalue weighted by atomic mass is 79.9. The summed E-state index contributed by atoms with van der Waals surface area (Å²) >= 11 is 3.16. The summed E-state index contributed by atoms with van der Waals surface area (Å²) in [6, 6.07) is 7.79. The number of anilines is 1. The molecule has 0 aliphatic heterocycles. The van der Waals surface area contributed by atoms with E-state index in [1.54, 1.807) is 24.3 Å². The summed E-state index contributed by atoms with van der Waals surface area (Å²) in [5.74, 6) is 0.421. The maximum atomic E-state index is 13.7. The van der Waals surface area contributed by atoms with Crippen molar-refractivity contribution in [3.05, 3.63) is 52.3 Å². The van der Waals surface area contributed by atoms with Crippen LogP contribution in [-0.4, -0.2) is 27.2 Å². The van der Waals surface area contributed by atoms with E-state index in [0.717, 1.165) is 0 Å². The molecule has 0 radical (unpaired) electrons. The Labute approximate surface area is 153 Å². The van der Waals surface area contributed by atoms with Gasteiger partial charge in [0, 0.05) is 10.5 Å². The summed E-state index contributed by atoms with van der Waals surface area (Å²) in [6.45, 7) is 0. The average molecular weight is 410 g/mol. The SMILES string of the molecule is COc1cc(C=CC(=O)Nc2ccc(Br)cc2F)cc(OC)c1OC. The Bertz CT molecular complexity index is 783. The molecule has 5 nitrogen and oxygen atoms in total. The van der Waals surface area contributed by atoms with Crippen molar-refractivity contribution in [1.29, 1.82) is 0 Å². The number of benzene rings is 2. The molecular weight excluding hydrogens is 393 g/mol. The van der Waals surface area contributed by atoms with Crippen molar-refractivity contribution in [2.75, 3.05) is 26.6 Å². The first-order valence-electron chi connectivity index (χ1n) is 7.22. The minimum absolute atomic E-state index is 0.0998. The van der Waals surface area contributed by atoms with Crippen LogP contribution in [0, 0.1) is 5.82 Å². The lowest BCUT2D eigenvalue weighted by atomic mass is 10.1. The minimum Gasteiger partial charge on any atom is -0.493 e. The van der Waals surface area contributed by atoms with Crippen LogP contribution in [0.25, 0.3) is 6.08 Å². The first-order valence-corrected chi connectivity index (χ1v) is 8.02. The molecule has 0 fully saturated rings. The highest BCUT2D eigenvalue weighted by molar-refractivity contribution is 9.10. The minimum atomic E-state index is -0.524. The Morgan fingerprint density at radius 1 is 1.08 bits per heavy atom. The Kier molecular flexibility index (Phi) is 6.41. The first-order chi connectivity index (χ1) is 12.0. The molecule has 0 aliphatic rings. The van der Waals surface area contributed by atoms with Gasteiger partial charge in [-0.05, 0) is 42.0 Å². The maximum Gasteiger partial charge on any atom is 0.248 e. The molecule has 0 bridgehead atoms. The van der Waals surface area contributed by atoms with Crippen molar-refractivity contribution in [1.82, 2.24) is 0 Å². The number of halogens is 2. The smallest absolute Gasteiger partial charge is 0.248 e. The summed E-state index contributed by atoms with van der Waals surface area (Å²) in [5, 5.41) is 2.48. The van der Waals surface area contributed by atoms with Crippen LogP contribution >= 0.6 is 15.9 Å². The number of nitrogens with one attached hydrogen (secondary N) is 1. The van der Waals surface area contributed by atoms with Gasteiger partial charge < -0.3 is 19.5 Å². The highest BCUT2D eigenvalue weighted by Gasteiger charge is 2.12. The molecule has 0 saturated heterocycles. The molecule has 7 heteroatoms. The van der Waals surface area contributed by atoms with E-state index in [1.807, 2.05) is 0 Å². The molecule has 25 heavy (non-hydrogen) atoms. The van der Waals surface area contributed by atoms with E-state index in [2.05, 4.69) is 21.2 Å². The van der Waals surface area contributed by atoms with Gasteiger partial charge in [0.05, 0.1) is 27.0 Å². The molecule has 1 N–H and O–H groups in total. The van der Waals surface area contributed by atoms with E-state index < -0.39 is 11.7 Å². The van der Waals surface area contributed by atoms with Gasteiger partial charge in [-0.25, -0.2) is 4.39 Å². The van der Waals surface area contributed by atoms with Gasteiger partial charge in [0.2, 0.25) is 11.7 Å². The van der Waals surface area contributed by atoms with Crippen molar-refractivity contribution >= 4 is 33.6 Å². The third kappa shape index (κ3) is 4.73. The predicted molar refractivity (Wildman–Crippen MR) is 97.9 cm³/mol. The number of hydrogen-bond donors (Lipinski definition) is 1. The molecule has 1 amide bonds. The van der Waals surface area contributed by atoms with Gasteiger partial charge in [-0.2, -0.15) is 0 Å². The number of methoxy groups -OCH3 is 3. The van der Waals surface area contributed by atoms with Gasteiger partial charge in [-0.3, -0.25) is 4.79 Å². The lowest BCUT2D eigenvalue weighted by molar-refractivity contribution is -0.111. The fourth-order valence-corrected chi connectivity index (χ4v) is 2.47. The number of ether oxygens (including phenoxy) is 3. The lowest BCUT2D eigenvalue weighted by Gasteiger charge is -2.12. The van der Waals surface area contributed by atoms with Crippen LogP contribution in [0.2, 0.25) is 0 Å². The standard InChI is InChI=1S/C18H17BrFNO4/c1-23-15-8-11(9-16(24-2)18(15)25-3)4-7-17(22)21-14-6-5-12(19)10-13(14)20/h4-10H,1-3H3,(H,21,22). The summed E-state index contributed by atoms with van der Waals surface area (Å²) in [7, 11) is 4.53. The van der Waals surface area contributed by atoms with Crippen molar-refractivity contribution in [2.45, 2.75) is 0 Å². The fraction of sp³-hybridized carbons (Fsp3) is 0.167. The Balaban J connectivity index is 2.19. The molecule has 0 unspecified atom stereocenters. The lowest BCUT2D eigenvalue weighted by Crippen LogP contribution is -2.09. The zero-order valence-corrected chi connectivity index (χ0v) is 15.5. The van der Waals surface area contributed by atoms with E-state index in [9.17, 15) is 9.18 Å². The second kappa shape index (κ2) is 8.53. The third-order valence-corrected chi connectivity index (χ3v) is 3.80. The molecule has 132 valence electrons. The summed E-state index contributed by atoms with van der Waals surface area (Å²) in [5.41, 5.74) is 0.767. The van der Waals surface area contributed by atoms with Gasteiger partial charge in [0.1, 0.15) is 5.82 Å². The quantitative estimate of drug-likeness (QED) is 0.723. The van der Waals surface area contributed by atoms with Crippen LogP contribution in [0.5, 0.6) is 17.2 Å². The molecule has 2 rings (SSSR count). The van der Waals surface area contributed by atoms with E-state index in [-0.39, 0.29) is 5.69 Å². The monoisotopic (exact) mass is 409 g/mol. The fourth-order valence-electron chi connectivity index (χ4n) is 2.13. The number of amides is 1. The van der Waals surface area contributed by atoms with Gasteiger partial charge in [-0.1, -0.05) is 15.9 Å². The van der Waals surface area contributed by atoms with Crippen molar-refractivity contribution in [2.24, 2.45) is 0 Å². The first kappa shape index (κ1) is 18.8. The van der Waals surface area contributed by atoms with Gasteiger partial charge in [-0.15, -0.1) is 0 Å². The molecule has 2 aromatic carbocycles. The van der Waals surface area contributed by atoms with Crippen LogP contribution in [-0.2, 0) is 4.79 Å². The van der Waals surface area contributed by atoms with Crippen LogP contribution in [0.4, 0.5) is 10.1 Å². The topological polar surface area (TPSA) is 56.8 Å². The maximum absolute atomic E-state index is 13.7. The number of rotatable bonds is 6. The Morgan fingerprint density at radius 2 is 1.72 bits per heavy atom. The summed E-state index contributed by atoms with van der Waals surface area (Å²) < 4.78 is 30.1. The molecule has 0 aromatic heterocycles. The van der Waals surface area contributed by atoms with Crippen molar-refractivity contribution in [3.63, 3.8) is 0 Å². The zero-order chi connectivity index (χ0) is 18.4. The van der Waals surface area contributed by atoms with E-state index >= 15 is 0 Å². The van der Waals surface area contributed by atoms with Crippen LogP contribution in [0.15, 0.2) is 40.9 Å². The number of carbonyl (C=O) groups excluding carboxylic acids is 1. The van der Waals surface area contributed by atoms with E-state index in [0.29, 0.717) is 27.3 Å². The molecule has 0 heterocycles. The van der Waals surface area contributed by atoms with Gasteiger partial charge in [0.25, 0.3) is 0 Å². The highest BCUT2D eigenvalue weighted by Crippen LogP contribution is 2.38. The molecular formula is C18H17BrFNO4. The van der Waals surface area contributed by atoms with Crippen LogP contribution in [0.3, 0.4) is 0 Å². The predicted octanol–water partition coefficient (Wildman–Crippen LogP) is 4.27. The second-order valence-electron chi connectivity index (χ2n) is 4.91. The Hall–Kier alpha value is -2.54. The average Bonchev–Trinajstić information content (AvgIpc) is 2.61. The second-order valence-corrected chi connectivity index (χ2v) is 5.82. The molecule has 0 saturated carbocycles. The summed E-state index contributed by atoms with van der Waals surface area (Å²) in [4.78, 5) is 12.0. The Morgan fingerprint density at radius 3 is 2.24 bits per heavy atom. The number of hydrogen-bond acceptors (Lipinski definition) is 4. The van der Waals surface area contributed by atoms with Gasteiger partial charge in [0.15, 0.2) is 11.5 Å². The molecule has 0 spiro atoms. The van der Waals surface area contributed by atoms with E-state index in [4.69, 9.17) is 14.2 Å². The van der Waals surface area contributed by atoms with Crippen molar-refractivity contribution < 1.29 is 23.4 Å². The largest absolute Gasteiger partial charge is 0.493 e. The number of carbonyl (C=O) groups is 1. The van der Waals surface area contributed by atoms with Crippen LogP contribution < -0.4 is 19.5 Å². The zero-order valence-electron chi connectivity index (χ0n) is 13.9.